The summed E-state index contributed by atoms with van der Waals surface area (Å²) in [6.45, 7) is 3.91. The van der Waals surface area contributed by atoms with Crippen LogP contribution in [0.1, 0.15) is 19.4 Å². The fraction of sp³-hybridized carbons (Fsp3) is 0.333. The van der Waals surface area contributed by atoms with Crippen LogP contribution in [0, 0.1) is 11.3 Å². The number of benzene rings is 1. The Kier molecular flexibility index (Phi) is 5.13. The number of amides is 1. The lowest BCUT2D eigenvalue weighted by molar-refractivity contribution is -0.124. The van der Waals surface area contributed by atoms with Gasteiger partial charge in [-0.2, -0.15) is 5.26 Å². The van der Waals surface area contributed by atoms with Crippen molar-refractivity contribution in [1.29, 1.82) is 5.26 Å². The minimum atomic E-state index is -0.301. The van der Waals surface area contributed by atoms with Gasteiger partial charge in [0.25, 0.3) is 5.91 Å². The molecule has 1 amide bonds. The van der Waals surface area contributed by atoms with Crippen LogP contribution in [0.3, 0.4) is 0 Å². The molecule has 0 aliphatic carbocycles. The standard InChI is InChI=1S/C15H18N2O2/c1-11(2)19-14-7-5-12(6-8-14)9-13(10-16)15(18)17(3)4/h5-9,11H,1-4H3/b13-9-. The Morgan fingerprint density at radius 3 is 2.32 bits per heavy atom. The highest BCUT2D eigenvalue weighted by Gasteiger charge is 2.10. The highest BCUT2D eigenvalue weighted by atomic mass is 16.5. The molecule has 0 heterocycles. The van der Waals surface area contributed by atoms with Gasteiger partial charge in [-0.15, -0.1) is 0 Å². The first-order chi connectivity index (χ1) is 8.93. The van der Waals surface area contributed by atoms with Crippen molar-refractivity contribution >= 4 is 12.0 Å². The number of rotatable bonds is 4. The molecule has 0 saturated carbocycles. The average molecular weight is 258 g/mol. The first-order valence-electron chi connectivity index (χ1n) is 6.04. The van der Waals surface area contributed by atoms with Crippen molar-refractivity contribution in [3.63, 3.8) is 0 Å². The van der Waals surface area contributed by atoms with Gasteiger partial charge in [-0.1, -0.05) is 12.1 Å². The molecule has 1 aromatic carbocycles. The van der Waals surface area contributed by atoms with E-state index in [0.29, 0.717) is 0 Å². The van der Waals surface area contributed by atoms with E-state index in [9.17, 15) is 4.79 Å². The van der Waals surface area contributed by atoms with Crippen molar-refractivity contribution in [2.24, 2.45) is 0 Å². The second kappa shape index (κ2) is 6.60. The molecule has 0 bridgehead atoms. The van der Waals surface area contributed by atoms with Crippen LogP contribution in [0.5, 0.6) is 5.75 Å². The number of nitriles is 1. The van der Waals surface area contributed by atoms with Crippen molar-refractivity contribution in [2.45, 2.75) is 20.0 Å². The lowest BCUT2D eigenvalue weighted by Crippen LogP contribution is -2.22. The molecule has 0 unspecified atom stereocenters. The quantitative estimate of drug-likeness (QED) is 0.616. The molecular formula is C15H18N2O2. The molecule has 0 fully saturated rings. The third-order valence-corrected chi connectivity index (χ3v) is 2.32. The molecule has 1 rings (SSSR count). The van der Waals surface area contributed by atoms with Gasteiger partial charge in [-0.05, 0) is 37.6 Å². The summed E-state index contributed by atoms with van der Waals surface area (Å²) < 4.78 is 5.53. The van der Waals surface area contributed by atoms with Crippen molar-refractivity contribution in [1.82, 2.24) is 4.90 Å². The van der Waals surface area contributed by atoms with E-state index in [-0.39, 0.29) is 17.6 Å². The first kappa shape index (κ1) is 14.8. The number of carbonyl (C=O) groups excluding carboxylic acids is 1. The lowest BCUT2D eigenvalue weighted by atomic mass is 10.1. The SMILES string of the molecule is CC(C)Oc1ccc(/C=C(/C#N)C(=O)N(C)C)cc1. The smallest absolute Gasteiger partial charge is 0.264 e. The van der Waals surface area contributed by atoms with Gasteiger partial charge >= 0.3 is 0 Å². The van der Waals surface area contributed by atoms with Crippen LogP contribution in [0.2, 0.25) is 0 Å². The maximum absolute atomic E-state index is 11.7. The average Bonchev–Trinajstić information content (AvgIpc) is 2.36. The highest BCUT2D eigenvalue weighted by Crippen LogP contribution is 2.16. The zero-order valence-electron chi connectivity index (χ0n) is 11.7. The van der Waals surface area contributed by atoms with E-state index >= 15 is 0 Å². The Bertz CT molecular complexity index is 508. The van der Waals surface area contributed by atoms with E-state index in [0.717, 1.165) is 11.3 Å². The predicted molar refractivity (Wildman–Crippen MR) is 74.5 cm³/mol. The van der Waals surface area contributed by atoms with Gasteiger partial charge in [-0.3, -0.25) is 4.79 Å². The predicted octanol–water partition coefficient (Wildman–Crippen LogP) is 2.47. The van der Waals surface area contributed by atoms with Crippen LogP contribution in [-0.4, -0.2) is 31.0 Å². The van der Waals surface area contributed by atoms with Crippen molar-refractivity contribution in [3.8, 4) is 11.8 Å². The number of hydrogen-bond donors (Lipinski definition) is 0. The zero-order chi connectivity index (χ0) is 14.4. The minimum absolute atomic E-state index is 0.113. The Morgan fingerprint density at radius 1 is 1.32 bits per heavy atom. The van der Waals surface area contributed by atoms with Gasteiger partial charge in [0.15, 0.2) is 0 Å². The Hall–Kier alpha value is -2.28. The number of ether oxygens (including phenoxy) is 1. The minimum Gasteiger partial charge on any atom is -0.491 e. The molecule has 4 nitrogen and oxygen atoms in total. The van der Waals surface area contributed by atoms with E-state index in [2.05, 4.69) is 0 Å². The topological polar surface area (TPSA) is 53.3 Å². The third-order valence-electron chi connectivity index (χ3n) is 2.32. The van der Waals surface area contributed by atoms with Crippen LogP contribution in [0.25, 0.3) is 6.08 Å². The summed E-state index contributed by atoms with van der Waals surface area (Å²) in [6, 6.07) is 9.19. The monoisotopic (exact) mass is 258 g/mol. The Labute approximate surface area is 113 Å². The van der Waals surface area contributed by atoms with Gasteiger partial charge < -0.3 is 9.64 Å². The molecule has 4 heteroatoms. The molecule has 19 heavy (non-hydrogen) atoms. The molecule has 0 aliphatic heterocycles. The Balaban J connectivity index is 2.92. The fourth-order valence-corrected chi connectivity index (χ4v) is 1.46. The van der Waals surface area contributed by atoms with Crippen LogP contribution in [-0.2, 0) is 4.79 Å². The number of hydrogen-bond acceptors (Lipinski definition) is 3. The van der Waals surface area contributed by atoms with Crippen molar-refractivity contribution in [3.05, 3.63) is 35.4 Å². The van der Waals surface area contributed by atoms with Gasteiger partial charge in [0.1, 0.15) is 17.4 Å². The fourth-order valence-electron chi connectivity index (χ4n) is 1.46. The summed E-state index contributed by atoms with van der Waals surface area (Å²) in [5, 5.41) is 8.99. The highest BCUT2D eigenvalue weighted by molar-refractivity contribution is 6.01. The van der Waals surface area contributed by atoms with Gasteiger partial charge in [0.05, 0.1) is 6.10 Å². The van der Waals surface area contributed by atoms with E-state index in [1.54, 1.807) is 20.2 Å². The summed E-state index contributed by atoms with van der Waals surface area (Å²) in [5.41, 5.74) is 0.908. The number of nitrogens with zero attached hydrogens (tertiary/aromatic N) is 2. The maximum Gasteiger partial charge on any atom is 0.264 e. The Morgan fingerprint density at radius 2 is 1.89 bits per heavy atom. The van der Waals surface area contributed by atoms with Crippen LogP contribution < -0.4 is 4.74 Å². The molecule has 0 N–H and O–H groups in total. The van der Waals surface area contributed by atoms with E-state index in [1.807, 2.05) is 44.2 Å². The summed E-state index contributed by atoms with van der Waals surface area (Å²) in [7, 11) is 3.24. The first-order valence-corrected chi connectivity index (χ1v) is 6.04. The lowest BCUT2D eigenvalue weighted by Gasteiger charge is -2.10. The van der Waals surface area contributed by atoms with Gasteiger partial charge in [-0.25, -0.2) is 0 Å². The zero-order valence-corrected chi connectivity index (χ0v) is 11.7. The molecular weight excluding hydrogens is 240 g/mol. The van der Waals surface area contributed by atoms with E-state index < -0.39 is 0 Å². The van der Waals surface area contributed by atoms with Crippen LogP contribution in [0.15, 0.2) is 29.8 Å². The summed E-state index contributed by atoms with van der Waals surface area (Å²) >= 11 is 0. The van der Waals surface area contributed by atoms with Gasteiger partial charge in [0, 0.05) is 14.1 Å². The third kappa shape index (κ3) is 4.47. The molecule has 0 radical (unpaired) electrons. The summed E-state index contributed by atoms with van der Waals surface area (Å²) in [6.07, 6.45) is 1.69. The molecule has 0 saturated heterocycles. The number of likely N-dealkylation sites (N-methyl/N-ethyl adjacent to an activating group) is 1. The molecule has 0 atom stereocenters. The second-order valence-corrected chi connectivity index (χ2v) is 4.61. The summed E-state index contributed by atoms with van der Waals surface area (Å²) in [5.74, 6) is 0.467. The van der Waals surface area contributed by atoms with Gasteiger partial charge in [0.2, 0.25) is 0 Å². The molecule has 0 aromatic heterocycles. The number of carbonyl (C=O) groups is 1. The maximum atomic E-state index is 11.7. The van der Waals surface area contributed by atoms with Crippen LogP contribution in [0.4, 0.5) is 0 Å². The van der Waals surface area contributed by atoms with E-state index in [1.165, 1.54) is 4.90 Å². The molecule has 1 aromatic rings. The molecule has 0 aliphatic rings. The summed E-state index contributed by atoms with van der Waals surface area (Å²) in [4.78, 5) is 13.1. The van der Waals surface area contributed by atoms with Crippen LogP contribution >= 0.6 is 0 Å². The second-order valence-electron chi connectivity index (χ2n) is 4.61. The van der Waals surface area contributed by atoms with Crippen molar-refractivity contribution < 1.29 is 9.53 Å². The molecule has 0 spiro atoms. The molecule has 100 valence electrons. The van der Waals surface area contributed by atoms with E-state index in [4.69, 9.17) is 10.00 Å². The normalized spacial score (nSPS) is 11.1. The van der Waals surface area contributed by atoms with Crippen molar-refractivity contribution in [2.75, 3.05) is 14.1 Å². The largest absolute Gasteiger partial charge is 0.491 e.